The Hall–Kier alpha value is -2.32. The van der Waals surface area contributed by atoms with Crippen LogP contribution in [0.15, 0.2) is 23.3 Å². The number of rotatable bonds is 0. The molecule has 2 aliphatic carbocycles. The molecule has 0 radical (unpaired) electrons. The average molecular weight is 440 g/mol. The first-order valence-electron chi connectivity index (χ1n) is 11.4. The van der Waals surface area contributed by atoms with Crippen molar-refractivity contribution in [2.24, 2.45) is 10.8 Å². The fourth-order valence-corrected chi connectivity index (χ4v) is 7.76. The van der Waals surface area contributed by atoms with Crippen molar-refractivity contribution in [1.82, 2.24) is 0 Å². The number of hydrogen-bond acceptors (Lipinski definition) is 8. The smallest absolute Gasteiger partial charge is 0.351 e. The highest BCUT2D eigenvalue weighted by Crippen LogP contribution is 2.67. The van der Waals surface area contributed by atoms with Gasteiger partial charge in [0.15, 0.2) is 11.6 Å². The second-order valence-electron chi connectivity index (χ2n) is 10.9. The van der Waals surface area contributed by atoms with Crippen LogP contribution in [-0.2, 0) is 38.1 Å². The second-order valence-corrected chi connectivity index (χ2v) is 10.9. The van der Waals surface area contributed by atoms with Gasteiger partial charge >= 0.3 is 11.9 Å². The Morgan fingerprint density at radius 3 is 1.47 bits per heavy atom. The van der Waals surface area contributed by atoms with Crippen LogP contribution in [0.25, 0.3) is 0 Å². The van der Waals surface area contributed by atoms with Crippen molar-refractivity contribution in [1.29, 1.82) is 0 Å². The minimum Gasteiger partial charge on any atom is -0.458 e. The molecule has 5 fully saturated rings. The molecule has 3 saturated heterocycles. The predicted molar refractivity (Wildman–Crippen MR) is 105 cm³/mol. The summed E-state index contributed by atoms with van der Waals surface area (Å²) in [6.45, 7) is 3.02. The van der Waals surface area contributed by atoms with E-state index < -0.39 is 45.2 Å². The molecule has 6 atom stereocenters. The summed E-state index contributed by atoms with van der Waals surface area (Å²) < 4.78 is 23.7. The number of hydrogen-bond donors (Lipinski definition) is 0. The zero-order valence-electron chi connectivity index (χ0n) is 18.1. The van der Waals surface area contributed by atoms with Crippen LogP contribution in [0.4, 0.5) is 0 Å². The summed E-state index contributed by atoms with van der Waals surface area (Å²) in [5.74, 6) is -2.27. The molecule has 7 rings (SSSR count). The summed E-state index contributed by atoms with van der Waals surface area (Å²) in [7, 11) is 0. The van der Waals surface area contributed by atoms with Gasteiger partial charge in [-0.2, -0.15) is 0 Å². The second kappa shape index (κ2) is 5.09. The van der Waals surface area contributed by atoms with Crippen LogP contribution < -0.4 is 0 Å². The third-order valence-corrected chi connectivity index (χ3v) is 9.64. The lowest BCUT2D eigenvalue weighted by Crippen LogP contribution is -2.56. The van der Waals surface area contributed by atoms with Crippen molar-refractivity contribution in [2.75, 3.05) is 13.2 Å². The van der Waals surface area contributed by atoms with Gasteiger partial charge in [0.05, 0.1) is 10.8 Å². The highest BCUT2D eigenvalue weighted by atomic mass is 16.6. The molecule has 5 aliphatic heterocycles. The SMILES string of the molecule is C[C@@]12CCC[C@@]13C=C1COC(=O)[C@@]45O[C@]6(C=C4COC(=O)[C@@]1(O3)C2=O)CCC[C@]6(C)C5=O. The van der Waals surface area contributed by atoms with Gasteiger partial charge in [-0.3, -0.25) is 9.59 Å². The maximum absolute atomic E-state index is 13.6. The third kappa shape index (κ3) is 1.58. The Labute approximate surface area is 184 Å². The van der Waals surface area contributed by atoms with Crippen LogP contribution >= 0.6 is 0 Å². The van der Waals surface area contributed by atoms with Crippen molar-refractivity contribution in [3.05, 3.63) is 23.3 Å². The fraction of sp³-hybridized carbons (Fsp3) is 0.667. The van der Waals surface area contributed by atoms with Crippen molar-refractivity contribution in [3.8, 4) is 0 Å². The maximum Gasteiger partial charge on any atom is 0.351 e. The van der Waals surface area contributed by atoms with Gasteiger partial charge in [-0.05, 0) is 64.5 Å². The van der Waals surface area contributed by atoms with Gasteiger partial charge in [-0.25, -0.2) is 9.59 Å². The van der Waals surface area contributed by atoms with Crippen molar-refractivity contribution < 1.29 is 38.1 Å². The van der Waals surface area contributed by atoms with Crippen LogP contribution in [0.3, 0.4) is 0 Å². The molecule has 0 amide bonds. The summed E-state index contributed by atoms with van der Waals surface area (Å²) in [6, 6.07) is 0. The largest absolute Gasteiger partial charge is 0.458 e. The number of esters is 2. The van der Waals surface area contributed by atoms with E-state index in [-0.39, 0.29) is 35.9 Å². The monoisotopic (exact) mass is 440 g/mol. The summed E-state index contributed by atoms with van der Waals surface area (Å²) in [4.78, 5) is 54.0. The van der Waals surface area contributed by atoms with E-state index in [0.717, 1.165) is 12.8 Å². The topological polar surface area (TPSA) is 105 Å². The summed E-state index contributed by atoms with van der Waals surface area (Å²) in [5, 5.41) is 0. The molecule has 8 nitrogen and oxygen atoms in total. The molecule has 0 unspecified atom stereocenters. The molecule has 7 aliphatic rings. The molecule has 0 aromatic rings. The van der Waals surface area contributed by atoms with Gasteiger partial charge in [0.1, 0.15) is 24.4 Å². The Balaban J connectivity index is 1.34. The molecular formula is C24H24O8. The van der Waals surface area contributed by atoms with E-state index in [2.05, 4.69) is 0 Å². The number of Topliss-reactive ketones (excluding diaryl/α,β-unsaturated/α-hetero) is 2. The fourth-order valence-electron chi connectivity index (χ4n) is 7.76. The van der Waals surface area contributed by atoms with Crippen LogP contribution in [0.2, 0.25) is 0 Å². The molecule has 4 spiro atoms. The first kappa shape index (κ1) is 19.2. The van der Waals surface area contributed by atoms with E-state index in [1.807, 2.05) is 13.8 Å². The lowest BCUT2D eigenvalue weighted by Gasteiger charge is -2.35. The van der Waals surface area contributed by atoms with E-state index in [9.17, 15) is 19.2 Å². The zero-order valence-corrected chi connectivity index (χ0v) is 18.1. The van der Waals surface area contributed by atoms with Gasteiger partial charge in [0.2, 0.25) is 11.2 Å². The summed E-state index contributed by atoms with van der Waals surface area (Å²) >= 11 is 0. The Bertz CT molecular complexity index is 1050. The Kier molecular flexibility index (Phi) is 3.05. The predicted octanol–water partition coefficient (Wildman–Crippen LogP) is 1.50. The molecule has 0 aromatic carbocycles. The maximum atomic E-state index is 13.6. The number of carbonyl (C=O) groups is 4. The van der Waals surface area contributed by atoms with Crippen LogP contribution in [-0.4, -0.2) is 59.1 Å². The minimum atomic E-state index is -1.89. The van der Waals surface area contributed by atoms with E-state index in [4.69, 9.17) is 18.9 Å². The van der Waals surface area contributed by atoms with Gasteiger partial charge in [0.25, 0.3) is 0 Å². The number of cyclic esters (lactones) is 2. The molecule has 5 heterocycles. The normalized spacial score (nSPS) is 52.7. The van der Waals surface area contributed by atoms with Crippen molar-refractivity contribution in [3.63, 3.8) is 0 Å². The van der Waals surface area contributed by atoms with E-state index >= 15 is 0 Å². The standard InChI is InChI=1S/C24H24O8/c1-19-5-3-7-21(19)9-13-11-30-18(28)24-14(12-29-17(27)23(13,31-21)15(19)25)10-22(32-24)8-4-6-20(22,2)16(24)26/h9-10H,3-8,11-12H2,1-2H3/t19-,20+,21+,22-,23-,24+. The summed E-state index contributed by atoms with van der Waals surface area (Å²) in [6.07, 6.45) is 7.65. The quantitative estimate of drug-likeness (QED) is 0.317. The first-order chi connectivity index (χ1) is 15.1. The Morgan fingerprint density at radius 2 is 1.06 bits per heavy atom. The van der Waals surface area contributed by atoms with Crippen LogP contribution in [0.5, 0.6) is 0 Å². The number of ether oxygens (including phenoxy) is 4. The van der Waals surface area contributed by atoms with Gasteiger partial charge in [0, 0.05) is 11.1 Å². The van der Waals surface area contributed by atoms with Gasteiger partial charge < -0.3 is 18.9 Å². The minimum absolute atomic E-state index is 0.286. The van der Waals surface area contributed by atoms with Gasteiger partial charge in [-0.1, -0.05) is 0 Å². The molecule has 4 bridgehead atoms. The number of carbonyl (C=O) groups excluding carboxylic acids is 4. The van der Waals surface area contributed by atoms with E-state index in [1.54, 1.807) is 12.2 Å². The Morgan fingerprint density at radius 1 is 0.656 bits per heavy atom. The molecule has 0 N–H and O–H groups in total. The van der Waals surface area contributed by atoms with E-state index in [0.29, 0.717) is 25.7 Å². The highest BCUT2D eigenvalue weighted by molar-refractivity contribution is 6.19. The zero-order chi connectivity index (χ0) is 22.4. The first-order valence-corrected chi connectivity index (χ1v) is 11.4. The molecule has 0 aromatic heterocycles. The van der Waals surface area contributed by atoms with Crippen molar-refractivity contribution in [2.45, 2.75) is 74.8 Å². The lowest BCUT2D eigenvalue weighted by atomic mass is 9.65. The molecule has 8 heteroatoms. The third-order valence-electron chi connectivity index (χ3n) is 9.64. The molecule has 32 heavy (non-hydrogen) atoms. The average Bonchev–Trinajstić information content (AvgIpc) is 3.53. The van der Waals surface area contributed by atoms with E-state index in [1.165, 1.54) is 0 Å². The highest BCUT2D eigenvalue weighted by Gasteiger charge is 2.80. The lowest BCUT2D eigenvalue weighted by molar-refractivity contribution is -0.178. The van der Waals surface area contributed by atoms with Crippen molar-refractivity contribution >= 4 is 23.5 Å². The summed E-state index contributed by atoms with van der Waals surface area (Å²) in [5.41, 5.74) is -6.59. The molecule has 168 valence electrons. The van der Waals surface area contributed by atoms with Crippen LogP contribution in [0.1, 0.15) is 52.4 Å². The number of ketones is 2. The molecular weight excluding hydrogens is 416 g/mol. The molecule has 2 saturated carbocycles. The van der Waals surface area contributed by atoms with Crippen LogP contribution in [0, 0.1) is 10.8 Å². The van der Waals surface area contributed by atoms with Gasteiger partial charge in [-0.15, -0.1) is 0 Å².